The van der Waals surface area contributed by atoms with E-state index >= 15 is 0 Å². The van der Waals surface area contributed by atoms with Crippen molar-refractivity contribution in [1.82, 2.24) is 9.78 Å². The van der Waals surface area contributed by atoms with Gasteiger partial charge in [-0.15, -0.1) is 0 Å². The summed E-state index contributed by atoms with van der Waals surface area (Å²) in [6, 6.07) is 7.54. The summed E-state index contributed by atoms with van der Waals surface area (Å²) in [6.45, 7) is 3.60. The van der Waals surface area contributed by atoms with Crippen LogP contribution in [0.4, 0.5) is 5.82 Å². The number of halogens is 2. The van der Waals surface area contributed by atoms with Crippen molar-refractivity contribution in [3.05, 3.63) is 46.1 Å². The van der Waals surface area contributed by atoms with Gasteiger partial charge >= 0.3 is 0 Å². The first kappa shape index (κ1) is 12.3. The van der Waals surface area contributed by atoms with Crippen molar-refractivity contribution in [2.45, 2.75) is 20.0 Å². The van der Waals surface area contributed by atoms with Crippen molar-refractivity contribution >= 4 is 29.0 Å². The van der Waals surface area contributed by atoms with E-state index in [0.717, 1.165) is 17.9 Å². The summed E-state index contributed by atoms with van der Waals surface area (Å²) in [5, 5.41) is 8.71. The van der Waals surface area contributed by atoms with Gasteiger partial charge in [-0.3, -0.25) is 4.68 Å². The van der Waals surface area contributed by atoms with Crippen LogP contribution in [0.25, 0.3) is 0 Å². The number of hydrogen-bond acceptors (Lipinski definition) is 2. The van der Waals surface area contributed by atoms with Crippen LogP contribution in [0.15, 0.2) is 30.5 Å². The lowest BCUT2D eigenvalue weighted by atomic mass is 10.2. The highest BCUT2D eigenvalue weighted by atomic mass is 35.5. The van der Waals surface area contributed by atoms with Crippen molar-refractivity contribution < 1.29 is 0 Å². The highest BCUT2D eigenvalue weighted by Crippen LogP contribution is 2.22. The van der Waals surface area contributed by atoms with Crippen molar-refractivity contribution in [2.75, 3.05) is 5.32 Å². The van der Waals surface area contributed by atoms with Gasteiger partial charge in [0.25, 0.3) is 0 Å². The molecule has 0 fully saturated rings. The van der Waals surface area contributed by atoms with E-state index in [-0.39, 0.29) is 0 Å². The lowest BCUT2D eigenvalue weighted by Gasteiger charge is -2.04. The standard InChI is InChI=1S/C12H13Cl2N3/c1-2-17-6-5-12(16-17)15-8-9-3-4-10(13)11(14)7-9/h3-7H,2,8H2,1H3,(H,15,16). The number of benzene rings is 1. The molecule has 0 bridgehead atoms. The number of aromatic nitrogens is 2. The topological polar surface area (TPSA) is 29.9 Å². The first-order chi connectivity index (χ1) is 8.19. The molecule has 2 aromatic rings. The molecule has 3 nitrogen and oxygen atoms in total. The molecule has 1 N–H and O–H groups in total. The van der Waals surface area contributed by atoms with E-state index in [1.54, 1.807) is 6.07 Å². The van der Waals surface area contributed by atoms with Gasteiger partial charge in [-0.25, -0.2) is 0 Å². The molecular weight excluding hydrogens is 257 g/mol. The molecule has 0 atom stereocenters. The Kier molecular flexibility index (Phi) is 3.92. The zero-order valence-corrected chi connectivity index (χ0v) is 11.0. The molecule has 2 rings (SSSR count). The lowest BCUT2D eigenvalue weighted by molar-refractivity contribution is 0.661. The fourth-order valence-corrected chi connectivity index (χ4v) is 1.79. The molecule has 0 aliphatic heterocycles. The van der Waals surface area contributed by atoms with Crippen LogP contribution in [-0.4, -0.2) is 9.78 Å². The molecule has 5 heteroatoms. The molecule has 17 heavy (non-hydrogen) atoms. The molecule has 0 spiro atoms. The van der Waals surface area contributed by atoms with Crippen LogP contribution in [0.5, 0.6) is 0 Å². The van der Waals surface area contributed by atoms with Gasteiger partial charge in [0.2, 0.25) is 0 Å². The predicted molar refractivity (Wildman–Crippen MR) is 71.7 cm³/mol. The summed E-state index contributed by atoms with van der Waals surface area (Å²) < 4.78 is 1.87. The Morgan fingerprint density at radius 2 is 2.06 bits per heavy atom. The summed E-state index contributed by atoms with van der Waals surface area (Å²) in [7, 11) is 0. The minimum Gasteiger partial charge on any atom is -0.365 e. The van der Waals surface area contributed by atoms with Crippen molar-refractivity contribution in [3.8, 4) is 0 Å². The maximum atomic E-state index is 5.94. The minimum atomic E-state index is 0.574. The van der Waals surface area contributed by atoms with E-state index < -0.39 is 0 Å². The van der Waals surface area contributed by atoms with E-state index in [9.17, 15) is 0 Å². The Morgan fingerprint density at radius 3 is 2.71 bits per heavy atom. The number of nitrogens with zero attached hydrogens (tertiary/aromatic N) is 2. The first-order valence-electron chi connectivity index (χ1n) is 5.40. The van der Waals surface area contributed by atoms with Crippen LogP contribution in [-0.2, 0) is 13.1 Å². The van der Waals surface area contributed by atoms with Crippen molar-refractivity contribution in [2.24, 2.45) is 0 Å². The monoisotopic (exact) mass is 269 g/mol. The smallest absolute Gasteiger partial charge is 0.148 e. The first-order valence-corrected chi connectivity index (χ1v) is 6.16. The second-order valence-corrected chi connectivity index (χ2v) is 4.47. The van der Waals surface area contributed by atoms with Gasteiger partial charge in [-0.05, 0) is 24.6 Å². The summed E-state index contributed by atoms with van der Waals surface area (Å²) in [5.74, 6) is 0.859. The highest BCUT2D eigenvalue weighted by Gasteiger charge is 2.01. The Hall–Kier alpha value is -1.19. The quantitative estimate of drug-likeness (QED) is 0.915. The van der Waals surface area contributed by atoms with Crippen LogP contribution < -0.4 is 5.32 Å². The van der Waals surface area contributed by atoms with Crippen LogP contribution >= 0.6 is 23.2 Å². The molecule has 0 amide bonds. The predicted octanol–water partition coefficient (Wildman–Crippen LogP) is 3.82. The second-order valence-electron chi connectivity index (χ2n) is 3.66. The van der Waals surface area contributed by atoms with Gasteiger partial charge in [0.1, 0.15) is 5.82 Å². The molecule has 0 saturated carbocycles. The Balaban J connectivity index is 1.99. The Bertz CT molecular complexity index is 508. The number of hydrogen-bond donors (Lipinski definition) is 1. The zero-order valence-electron chi connectivity index (χ0n) is 9.45. The van der Waals surface area contributed by atoms with Crippen molar-refractivity contribution in [3.63, 3.8) is 0 Å². The van der Waals surface area contributed by atoms with Gasteiger partial charge in [0.05, 0.1) is 10.0 Å². The molecule has 0 radical (unpaired) electrons. The third kappa shape index (κ3) is 3.14. The minimum absolute atomic E-state index is 0.574. The Labute approximate surface area is 110 Å². The van der Waals surface area contributed by atoms with Crippen LogP contribution in [0.1, 0.15) is 12.5 Å². The number of nitrogens with one attached hydrogen (secondary N) is 1. The summed E-state index contributed by atoms with van der Waals surface area (Å²) in [4.78, 5) is 0. The number of anilines is 1. The fourth-order valence-electron chi connectivity index (χ4n) is 1.47. The fraction of sp³-hybridized carbons (Fsp3) is 0.250. The highest BCUT2D eigenvalue weighted by molar-refractivity contribution is 6.42. The molecule has 0 aliphatic rings. The molecular formula is C12H13Cl2N3. The average molecular weight is 270 g/mol. The third-order valence-corrected chi connectivity index (χ3v) is 3.16. The average Bonchev–Trinajstić information content (AvgIpc) is 2.79. The molecule has 1 aromatic carbocycles. The largest absolute Gasteiger partial charge is 0.365 e. The van der Waals surface area contributed by atoms with Crippen LogP contribution in [0.2, 0.25) is 10.0 Å². The van der Waals surface area contributed by atoms with E-state index in [0.29, 0.717) is 16.6 Å². The molecule has 1 aromatic heterocycles. The van der Waals surface area contributed by atoms with Crippen LogP contribution in [0.3, 0.4) is 0 Å². The molecule has 1 heterocycles. The zero-order chi connectivity index (χ0) is 12.3. The second kappa shape index (κ2) is 5.43. The molecule has 0 aliphatic carbocycles. The SMILES string of the molecule is CCn1ccc(NCc2ccc(Cl)c(Cl)c2)n1. The number of aryl methyl sites for hydroxylation is 1. The molecule has 90 valence electrons. The van der Waals surface area contributed by atoms with E-state index in [2.05, 4.69) is 17.3 Å². The van der Waals surface area contributed by atoms with Gasteiger partial charge in [0.15, 0.2) is 0 Å². The normalized spacial score (nSPS) is 10.5. The van der Waals surface area contributed by atoms with E-state index in [4.69, 9.17) is 23.2 Å². The van der Waals surface area contributed by atoms with Crippen molar-refractivity contribution in [1.29, 1.82) is 0 Å². The Morgan fingerprint density at radius 1 is 1.24 bits per heavy atom. The van der Waals surface area contributed by atoms with Gasteiger partial charge in [0, 0.05) is 25.4 Å². The van der Waals surface area contributed by atoms with E-state index in [1.165, 1.54) is 0 Å². The third-order valence-electron chi connectivity index (χ3n) is 2.42. The van der Waals surface area contributed by atoms with Gasteiger partial charge in [-0.1, -0.05) is 29.3 Å². The lowest BCUT2D eigenvalue weighted by Crippen LogP contribution is -2.01. The van der Waals surface area contributed by atoms with Gasteiger partial charge < -0.3 is 5.32 Å². The van der Waals surface area contributed by atoms with Gasteiger partial charge in [-0.2, -0.15) is 5.10 Å². The summed E-state index contributed by atoms with van der Waals surface area (Å²) in [6.07, 6.45) is 1.94. The maximum absolute atomic E-state index is 5.94. The summed E-state index contributed by atoms with van der Waals surface area (Å²) in [5.41, 5.74) is 1.07. The summed E-state index contributed by atoms with van der Waals surface area (Å²) >= 11 is 11.8. The maximum Gasteiger partial charge on any atom is 0.148 e. The molecule has 0 saturated heterocycles. The van der Waals surface area contributed by atoms with E-state index in [1.807, 2.05) is 29.1 Å². The number of rotatable bonds is 4. The molecule has 0 unspecified atom stereocenters. The van der Waals surface area contributed by atoms with Crippen LogP contribution in [0, 0.1) is 0 Å².